The fourth-order valence-electron chi connectivity index (χ4n) is 2.20. The van der Waals surface area contributed by atoms with Crippen LogP contribution in [0.1, 0.15) is 13.8 Å². The molecule has 0 radical (unpaired) electrons. The van der Waals surface area contributed by atoms with E-state index in [-0.39, 0.29) is 5.91 Å². The molecular formula is C12H21F3N4O2. The molecule has 9 heteroatoms. The number of carbonyl (C=O) groups is 2. The number of carbonyl (C=O) groups excluding carboxylic acids is 2. The number of nitrogens with zero attached hydrogens (tertiary/aromatic N) is 1. The summed E-state index contributed by atoms with van der Waals surface area (Å²) in [7, 11) is 0. The van der Waals surface area contributed by atoms with Gasteiger partial charge >= 0.3 is 6.18 Å². The quantitative estimate of drug-likeness (QED) is 0.638. The number of alkyl halides is 3. The van der Waals surface area contributed by atoms with E-state index >= 15 is 0 Å². The van der Waals surface area contributed by atoms with Crippen LogP contribution in [0.25, 0.3) is 0 Å². The molecule has 3 N–H and O–H groups in total. The van der Waals surface area contributed by atoms with Gasteiger partial charge in [-0.05, 0) is 13.8 Å². The molecule has 21 heavy (non-hydrogen) atoms. The first-order valence-corrected chi connectivity index (χ1v) is 6.85. The molecule has 2 amide bonds. The van der Waals surface area contributed by atoms with Crippen molar-refractivity contribution >= 4 is 11.8 Å². The second kappa shape index (κ2) is 7.60. The van der Waals surface area contributed by atoms with Gasteiger partial charge in [0.2, 0.25) is 11.8 Å². The molecule has 0 bridgehead atoms. The van der Waals surface area contributed by atoms with Crippen molar-refractivity contribution in [2.45, 2.75) is 32.1 Å². The monoisotopic (exact) mass is 310 g/mol. The molecule has 1 rings (SSSR count). The lowest BCUT2D eigenvalue weighted by Gasteiger charge is -2.38. The zero-order valence-corrected chi connectivity index (χ0v) is 12.1. The Labute approximate surface area is 121 Å². The van der Waals surface area contributed by atoms with Gasteiger partial charge in [-0.15, -0.1) is 0 Å². The Morgan fingerprint density at radius 3 is 2.62 bits per heavy atom. The molecule has 1 saturated heterocycles. The largest absolute Gasteiger partial charge is 0.405 e. The maximum atomic E-state index is 12.1. The summed E-state index contributed by atoms with van der Waals surface area (Å²) in [6.45, 7) is 3.73. The summed E-state index contributed by atoms with van der Waals surface area (Å²) in [5.41, 5.74) is 0. The van der Waals surface area contributed by atoms with Crippen molar-refractivity contribution in [3.05, 3.63) is 0 Å². The van der Waals surface area contributed by atoms with Gasteiger partial charge in [0.05, 0.1) is 6.04 Å². The lowest BCUT2D eigenvalue weighted by Crippen LogP contribution is -2.62. The Morgan fingerprint density at radius 1 is 1.38 bits per heavy atom. The molecule has 1 aliphatic rings. The highest BCUT2D eigenvalue weighted by Crippen LogP contribution is 2.13. The van der Waals surface area contributed by atoms with Gasteiger partial charge in [0.1, 0.15) is 12.6 Å². The van der Waals surface area contributed by atoms with Crippen molar-refractivity contribution < 1.29 is 22.8 Å². The summed E-state index contributed by atoms with van der Waals surface area (Å²) in [6, 6.07) is -1.37. The van der Waals surface area contributed by atoms with Crippen LogP contribution in [0.2, 0.25) is 0 Å². The van der Waals surface area contributed by atoms with Crippen LogP contribution in [0.3, 0.4) is 0 Å². The van der Waals surface area contributed by atoms with Crippen molar-refractivity contribution in [1.29, 1.82) is 0 Å². The van der Waals surface area contributed by atoms with Crippen molar-refractivity contribution in [3.8, 4) is 0 Å². The van der Waals surface area contributed by atoms with Crippen LogP contribution in [0.15, 0.2) is 0 Å². The fraction of sp³-hybridized carbons (Fsp3) is 0.833. The summed E-state index contributed by atoms with van der Waals surface area (Å²) in [5.74, 6) is -0.969. The first-order chi connectivity index (χ1) is 9.76. The predicted molar refractivity (Wildman–Crippen MR) is 70.6 cm³/mol. The van der Waals surface area contributed by atoms with E-state index in [4.69, 9.17) is 0 Å². The average molecular weight is 310 g/mol. The Hall–Kier alpha value is -1.35. The number of hydrogen-bond acceptors (Lipinski definition) is 4. The van der Waals surface area contributed by atoms with Gasteiger partial charge in [-0.1, -0.05) is 0 Å². The summed E-state index contributed by atoms with van der Waals surface area (Å²) in [5, 5.41) is 7.56. The topological polar surface area (TPSA) is 73.5 Å². The van der Waals surface area contributed by atoms with Gasteiger partial charge in [0.15, 0.2) is 0 Å². The van der Waals surface area contributed by atoms with Crippen LogP contribution in [-0.2, 0) is 9.59 Å². The smallest absolute Gasteiger partial charge is 0.355 e. The SMILES string of the molecule is CCNC(=O)C1CNCCN1C(C)C(=O)NCC(F)(F)F. The highest BCUT2D eigenvalue weighted by atomic mass is 19.4. The standard InChI is InChI=1S/C12H21F3N4O2/c1-3-17-11(21)9-6-16-4-5-19(9)8(2)10(20)18-7-12(13,14)15/h8-9,16H,3-7H2,1-2H3,(H,17,21)(H,18,20). The minimum absolute atomic E-state index is 0.236. The predicted octanol–water partition coefficient (Wildman–Crippen LogP) is -0.537. The minimum Gasteiger partial charge on any atom is -0.355 e. The third kappa shape index (κ3) is 5.50. The van der Waals surface area contributed by atoms with E-state index in [0.717, 1.165) is 0 Å². The Bertz CT molecular complexity index is 376. The molecule has 0 aliphatic carbocycles. The van der Waals surface area contributed by atoms with Crippen LogP contribution < -0.4 is 16.0 Å². The lowest BCUT2D eigenvalue weighted by molar-refractivity contribution is -0.143. The molecule has 0 aromatic heterocycles. The summed E-state index contributed by atoms with van der Waals surface area (Å²) in [4.78, 5) is 25.4. The number of rotatable bonds is 5. The molecule has 1 aliphatic heterocycles. The first kappa shape index (κ1) is 17.7. The zero-order chi connectivity index (χ0) is 16.0. The van der Waals surface area contributed by atoms with E-state index in [0.29, 0.717) is 26.2 Å². The number of amides is 2. The maximum absolute atomic E-state index is 12.1. The second-order valence-corrected chi connectivity index (χ2v) is 4.86. The Kier molecular flexibility index (Phi) is 6.41. The third-order valence-corrected chi connectivity index (χ3v) is 3.28. The van der Waals surface area contributed by atoms with Gasteiger partial charge in [-0.2, -0.15) is 13.2 Å². The number of nitrogens with one attached hydrogen (secondary N) is 3. The highest BCUT2D eigenvalue weighted by molar-refractivity contribution is 5.85. The number of hydrogen-bond donors (Lipinski definition) is 3. The van der Waals surface area contributed by atoms with Crippen LogP contribution in [0.5, 0.6) is 0 Å². The molecule has 2 atom stereocenters. The molecule has 122 valence electrons. The fourth-order valence-corrected chi connectivity index (χ4v) is 2.20. The normalized spacial score (nSPS) is 21.7. The maximum Gasteiger partial charge on any atom is 0.405 e. The summed E-state index contributed by atoms with van der Waals surface area (Å²) in [6.07, 6.45) is -4.45. The van der Waals surface area contributed by atoms with E-state index in [1.54, 1.807) is 11.8 Å². The van der Waals surface area contributed by atoms with E-state index in [1.165, 1.54) is 6.92 Å². The van der Waals surface area contributed by atoms with Crippen molar-refractivity contribution in [2.75, 3.05) is 32.7 Å². The van der Waals surface area contributed by atoms with E-state index in [2.05, 4.69) is 10.6 Å². The van der Waals surface area contributed by atoms with E-state index < -0.39 is 30.7 Å². The summed E-state index contributed by atoms with van der Waals surface area (Å²) >= 11 is 0. The average Bonchev–Trinajstić information content (AvgIpc) is 2.43. The minimum atomic E-state index is -4.45. The van der Waals surface area contributed by atoms with Gasteiger partial charge < -0.3 is 16.0 Å². The molecule has 0 saturated carbocycles. The molecule has 2 unspecified atom stereocenters. The second-order valence-electron chi connectivity index (χ2n) is 4.86. The lowest BCUT2D eigenvalue weighted by atomic mass is 10.1. The third-order valence-electron chi connectivity index (χ3n) is 3.28. The van der Waals surface area contributed by atoms with Crippen LogP contribution in [0, 0.1) is 0 Å². The molecule has 6 nitrogen and oxygen atoms in total. The van der Waals surface area contributed by atoms with Crippen molar-refractivity contribution in [1.82, 2.24) is 20.9 Å². The van der Waals surface area contributed by atoms with Crippen molar-refractivity contribution in [3.63, 3.8) is 0 Å². The van der Waals surface area contributed by atoms with Crippen LogP contribution in [0.4, 0.5) is 13.2 Å². The van der Waals surface area contributed by atoms with E-state index in [9.17, 15) is 22.8 Å². The van der Waals surface area contributed by atoms with Crippen LogP contribution >= 0.6 is 0 Å². The van der Waals surface area contributed by atoms with Gasteiger partial charge in [-0.25, -0.2) is 0 Å². The number of piperazine rings is 1. The molecule has 0 aromatic carbocycles. The van der Waals surface area contributed by atoms with Gasteiger partial charge in [0, 0.05) is 26.2 Å². The molecule has 0 spiro atoms. The van der Waals surface area contributed by atoms with Gasteiger partial charge in [-0.3, -0.25) is 14.5 Å². The Morgan fingerprint density at radius 2 is 2.05 bits per heavy atom. The van der Waals surface area contributed by atoms with E-state index in [1.807, 2.05) is 5.32 Å². The first-order valence-electron chi connectivity index (χ1n) is 6.85. The molecule has 1 fully saturated rings. The van der Waals surface area contributed by atoms with Crippen molar-refractivity contribution in [2.24, 2.45) is 0 Å². The highest BCUT2D eigenvalue weighted by Gasteiger charge is 2.35. The number of likely N-dealkylation sites (N-methyl/N-ethyl adjacent to an activating group) is 1. The molecular weight excluding hydrogens is 289 g/mol. The van der Waals surface area contributed by atoms with Gasteiger partial charge in [0.25, 0.3) is 0 Å². The van der Waals surface area contributed by atoms with Crippen LogP contribution in [-0.4, -0.2) is 67.7 Å². The summed E-state index contributed by atoms with van der Waals surface area (Å²) < 4.78 is 36.4. The molecule has 1 heterocycles. The number of halogens is 3. The zero-order valence-electron chi connectivity index (χ0n) is 12.1. The molecule has 0 aromatic rings. The Balaban J connectivity index is 2.65.